The Morgan fingerprint density at radius 1 is 1.28 bits per heavy atom. The maximum atomic E-state index is 12.3. The van der Waals surface area contributed by atoms with Gasteiger partial charge in [-0.25, -0.2) is 0 Å². The topological polar surface area (TPSA) is 88.9 Å². The molecule has 25 heavy (non-hydrogen) atoms. The molecule has 0 spiro atoms. The third-order valence-corrected chi connectivity index (χ3v) is 5.79. The molecule has 2 amide bonds. The molecule has 2 aliphatic rings. The molecule has 3 rings (SSSR count). The fraction of sp³-hybridized carbons (Fsp3) is 0.778. The fourth-order valence-corrected chi connectivity index (χ4v) is 3.67. The molecule has 0 radical (unpaired) electrons. The van der Waals surface area contributed by atoms with Crippen LogP contribution in [0.25, 0.3) is 0 Å². The standard InChI is InChI=1S/C18H29N5O2/c1-5-23-21-12(4)15(22-23)16(24)20-14-8-13(9-14)10-19-17(25)18(6-7-18)11(2)3/h11,13-14H,5-10H2,1-4H3,(H,19,25)(H,20,24). The van der Waals surface area contributed by atoms with Crippen molar-refractivity contribution in [2.45, 2.75) is 66.0 Å². The molecule has 0 aromatic carbocycles. The Labute approximate surface area is 148 Å². The van der Waals surface area contributed by atoms with Crippen molar-refractivity contribution < 1.29 is 9.59 Å². The molecule has 0 aliphatic heterocycles. The quantitative estimate of drug-likeness (QED) is 0.785. The molecular weight excluding hydrogens is 318 g/mol. The Kier molecular flexibility index (Phi) is 4.84. The summed E-state index contributed by atoms with van der Waals surface area (Å²) in [5, 5.41) is 14.5. The second kappa shape index (κ2) is 6.77. The van der Waals surface area contributed by atoms with Crippen molar-refractivity contribution in [2.24, 2.45) is 17.3 Å². The average molecular weight is 347 g/mol. The molecule has 0 saturated heterocycles. The van der Waals surface area contributed by atoms with Crippen molar-refractivity contribution >= 4 is 11.8 Å². The zero-order chi connectivity index (χ0) is 18.2. The highest BCUT2D eigenvalue weighted by Gasteiger charge is 2.52. The molecule has 2 fully saturated rings. The number of carbonyl (C=O) groups excluding carboxylic acids is 2. The number of aromatic nitrogens is 3. The van der Waals surface area contributed by atoms with Crippen molar-refractivity contribution in [3.8, 4) is 0 Å². The van der Waals surface area contributed by atoms with E-state index in [-0.39, 0.29) is 23.3 Å². The number of hydrogen-bond acceptors (Lipinski definition) is 4. The van der Waals surface area contributed by atoms with Gasteiger partial charge in [-0.3, -0.25) is 9.59 Å². The van der Waals surface area contributed by atoms with Crippen molar-refractivity contribution in [1.82, 2.24) is 25.6 Å². The van der Waals surface area contributed by atoms with Gasteiger partial charge < -0.3 is 10.6 Å². The Bertz CT molecular complexity index is 656. The van der Waals surface area contributed by atoms with Crippen LogP contribution in [0, 0.1) is 24.2 Å². The summed E-state index contributed by atoms with van der Waals surface area (Å²) in [5.74, 6) is 0.911. The molecule has 138 valence electrons. The molecule has 0 atom stereocenters. The molecule has 1 aromatic heterocycles. The van der Waals surface area contributed by atoms with Crippen LogP contribution in [-0.2, 0) is 11.3 Å². The van der Waals surface area contributed by atoms with Crippen LogP contribution in [0.2, 0.25) is 0 Å². The minimum absolute atomic E-state index is 0.111. The van der Waals surface area contributed by atoms with Crippen molar-refractivity contribution in [1.29, 1.82) is 0 Å². The molecular formula is C18H29N5O2. The number of carbonyl (C=O) groups is 2. The van der Waals surface area contributed by atoms with E-state index in [0.29, 0.717) is 36.3 Å². The van der Waals surface area contributed by atoms with Crippen LogP contribution in [-0.4, -0.2) is 39.4 Å². The molecule has 0 bridgehead atoms. The summed E-state index contributed by atoms with van der Waals surface area (Å²) >= 11 is 0. The normalized spacial score (nSPS) is 23.9. The van der Waals surface area contributed by atoms with Gasteiger partial charge in [0.15, 0.2) is 5.69 Å². The van der Waals surface area contributed by atoms with Crippen molar-refractivity contribution in [3.63, 3.8) is 0 Å². The van der Waals surface area contributed by atoms with E-state index in [1.165, 1.54) is 4.80 Å². The van der Waals surface area contributed by atoms with Gasteiger partial charge in [-0.2, -0.15) is 9.90 Å². The SMILES string of the molecule is CCn1nc(C)c(C(=O)NC2CC(CNC(=O)C3(C(C)C)CC3)C2)n1. The van der Waals surface area contributed by atoms with Gasteiger partial charge in [0.2, 0.25) is 5.91 Å². The van der Waals surface area contributed by atoms with Crippen LogP contribution in [0.4, 0.5) is 0 Å². The van der Waals surface area contributed by atoms with Gasteiger partial charge in [0, 0.05) is 12.6 Å². The Balaban J connectivity index is 1.40. The highest BCUT2D eigenvalue weighted by Crippen LogP contribution is 2.52. The summed E-state index contributed by atoms with van der Waals surface area (Å²) in [7, 11) is 0. The van der Waals surface area contributed by atoms with Crippen LogP contribution >= 0.6 is 0 Å². The second-order valence-electron chi connectivity index (χ2n) is 7.85. The Morgan fingerprint density at radius 3 is 2.48 bits per heavy atom. The first-order valence-electron chi connectivity index (χ1n) is 9.36. The second-order valence-corrected chi connectivity index (χ2v) is 7.85. The zero-order valence-corrected chi connectivity index (χ0v) is 15.6. The third-order valence-electron chi connectivity index (χ3n) is 5.79. The van der Waals surface area contributed by atoms with Crippen LogP contribution < -0.4 is 10.6 Å². The maximum Gasteiger partial charge on any atom is 0.273 e. The van der Waals surface area contributed by atoms with Crippen LogP contribution in [0.3, 0.4) is 0 Å². The predicted molar refractivity (Wildman–Crippen MR) is 93.9 cm³/mol. The highest BCUT2D eigenvalue weighted by atomic mass is 16.2. The van der Waals surface area contributed by atoms with Gasteiger partial charge in [0.25, 0.3) is 5.91 Å². The largest absolute Gasteiger partial charge is 0.355 e. The van der Waals surface area contributed by atoms with E-state index in [0.717, 1.165) is 25.7 Å². The Morgan fingerprint density at radius 2 is 1.96 bits per heavy atom. The smallest absolute Gasteiger partial charge is 0.273 e. The Hall–Kier alpha value is -1.92. The van der Waals surface area contributed by atoms with Crippen LogP contribution in [0.5, 0.6) is 0 Å². The summed E-state index contributed by atoms with van der Waals surface area (Å²) in [6.45, 7) is 9.35. The lowest BCUT2D eigenvalue weighted by atomic mass is 9.80. The number of hydrogen-bond donors (Lipinski definition) is 2. The molecule has 1 heterocycles. The van der Waals surface area contributed by atoms with E-state index in [4.69, 9.17) is 0 Å². The maximum absolute atomic E-state index is 12.3. The number of nitrogens with one attached hydrogen (secondary N) is 2. The number of aryl methyl sites for hydroxylation is 2. The van der Waals surface area contributed by atoms with E-state index in [1.54, 1.807) is 6.92 Å². The summed E-state index contributed by atoms with van der Waals surface area (Å²) in [5.41, 5.74) is 0.956. The van der Waals surface area contributed by atoms with E-state index < -0.39 is 0 Å². The molecule has 2 saturated carbocycles. The lowest BCUT2D eigenvalue weighted by Crippen LogP contribution is -2.48. The van der Waals surface area contributed by atoms with Gasteiger partial charge in [-0.05, 0) is 51.4 Å². The van der Waals surface area contributed by atoms with Gasteiger partial charge in [-0.1, -0.05) is 13.8 Å². The third kappa shape index (κ3) is 3.55. The van der Waals surface area contributed by atoms with E-state index >= 15 is 0 Å². The van der Waals surface area contributed by atoms with Gasteiger partial charge in [0.05, 0.1) is 17.7 Å². The number of amides is 2. The zero-order valence-electron chi connectivity index (χ0n) is 15.6. The highest BCUT2D eigenvalue weighted by molar-refractivity contribution is 5.93. The molecule has 2 aliphatic carbocycles. The molecule has 2 N–H and O–H groups in total. The van der Waals surface area contributed by atoms with Gasteiger partial charge >= 0.3 is 0 Å². The number of nitrogens with zero attached hydrogens (tertiary/aromatic N) is 3. The number of rotatable bonds is 7. The lowest BCUT2D eigenvalue weighted by molar-refractivity contribution is -0.128. The van der Waals surface area contributed by atoms with Crippen molar-refractivity contribution in [3.05, 3.63) is 11.4 Å². The van der Waals surface area contributed by atoms with E-state index in [1.807, 2.05) is 6.92 Å². The fourth-order valence-electron chi connectivity index (χ4n) is 3.67. The minimum Gasteiger partial charge on any atom is -0.355 e. The first-order chi connectivity index (χ1) is 11.9. The molecule has 1 aromatic rings. The van der Waals surface area contributed by atoms with Crippen LogP contribution in [0.15, 0.2) is 0 Å². The minimum atomic E-state index is -0.151. The lowest BCUT2D eigenvalue weighted by Gasteiger charge is -2.36. The summed E-state index contributed by atoms with van der Waals surface area (Å²) in [4.78, 5) is 26.1. The predicted octanol–water partition coefficient (Wildman–Crippen LogP) is 1.67. The van der Waals surface area contributed by atoms with Crippen molar-refractivity contribution in [2.75, 3.05) is 6.54 Å². The molecule has 0 unspecified atom stereocenters. The van der Waals surface area contributed by atoms with Crippen LogP contribution in [0.1, 0.15) is 62.6 Å². The van der Waals surface area contributed by atoms with E-state index in [2.05, 4.69) is 34.7 Å². The summed E-state index contributed by atoms with van der Waals surface area (Å²) in [6, 6.07) is 0.167. The van der Waals surface area contributed by atoms with Gasteiger partial charge in [-0.15, -0.1) is 5.10 Å². The monoisotopic (exact) mass is 347 g/mol. The molecule has 7 heteroatoms. The first kappa shape index (κ1) is 17.9. The van der Waals surface area contributed by atoms with E-state index in [9.17, 15) is 9.59 Å². The summed E-state index contributed by atoms with van der Waals surface area (Å²) < 4.78 is 0. The van der Waals surface area contributed by atoms with Gasteiger partial charge in [0.1, 0.15) is 0 Å². The first-order valence-corrected chi connectivity index (χ1v) is 9.36. The summed E-state index contributed by atoms with van der Waals surface area (Å²) in [6.07, 6.45) is 3.83. The average Bonchev–Trinajstić information content (AvgIpc) is 3.27. The molecule has 7 nitrogen and oxygen atoms in total.